The molecule has 0 saturated heterocycles. The van der Waals surface area contributed by atoms with Crippen molar-refractivity contribution in [2.45, 2.75) is 26.3 Å². The molecule has 1 amide bonds. The molecule has 5 heteroatoms. The van der Waals surface area contributed by atoms with Crippen LogP contribution in [0.5, 0.6) is 5.75 Å². The van der Waals surface area contributed by atoms with Crippen LogP contribution < -0.4 is 10.5 Å². The van der Waals surface area contributed by atoms with Gasteiger partial charge in [-0.2, -0.15) is 0 Å². The van der Waals surface area contributed by atoms with Crippen LogP contribution in [0.4, 0.5) is 0 Å². The van der Waals surface area contributed by atoms with Crippen LogP contribution in [0.3, 0.4) is 0 Å². The number of hydrogen-bond acceptors (Lipinski definition) is 3. The van der Waals surface area contributed by atoms with Crippen molar-refractivity contribution in [3.63, 3.8) is 0 Å². The third kappa shape index (κ3) is 5.92. The zero-order chi connectivity index (χ0) is 15.1. The summed E-state index contributed by atoms with van der Waals surface area (Å²) < 4.78 is 6.60. The zero-order valence-corrected chi connectivity index (χ0v) is 13.9. The van der Waals surface area contributed by atoms with Crippen LogP contribution in [0.1, 0.15) is 20.3 Å². The number of nitrogens with two attached hydrogens (primary N) is 1. The van der Waals surface area contributed by atoms with Gasteiger partial charge in [-0.15, -0.1) is 0 Å². The molecule has 1 atom stereocenters. The molecule has 0 fully saturated rings. The minimum absolute atomic E-state index is 0.0607. The van der Waals surface area contributed by atoms with Gasteiger partial charge in [0.25, 0.3) is 0 Å². The standard InChI is InChI=1S/C15H23BrN2O2/c1-11(2)14(17)10-15(19)18(3)8-9-20-13-6-4-12(16)5-7-13/h4-7,11,14H,8-10,17H2,1-3H3. The molecule has 0 heterocycles. The van der Waals surface area contributed by atoms with E-state index in [2.05, 4.69) is 15.9 Å². The zero-order valence-electron chi connectivity index (χ0n) is 12.3. The van der Waals surface area contributed by atoms with Crippen molar-refractivity contribution < 1.29 is 9.53 Å². The molecule has 1 unspecified atom stereocenters. The van der Waals surface area contributed by atoms with Crippen LogP contribution >= 0.6 is 15.9 Å². The quantitative estimate of drug-likeness (QED) is 0.828. The molecule has 1 rings (SSSR count). The maximum absolute atomic E-state index is 11.9. The van der Waals surface area contributed by atoms with Gasteiger partial charge in [0.2, 0.25) is 5.91 Å². The van der Waals surface area contributed by atoms with Gasteiger partial charge in [-0.3, -0.25) is 4.79 Å². The molecule has 1 aromatic carbocycles. The molecule has 0 bridgehead atoms. The molecule has 0 radical (unpaired) electrons. The summed E-state index contributed by atoms with van der Waals surface area (Å²) in [5.74, 6) is 1.17. The van der Waals surface area contributed by atoms with Gasteiger partial charge in [-0.05, 0) is 30.2 Å². The van der Waals surface area contributed by atoms with Crippen molar-refractivity contribution in [3.8, 4) is 5.75 Å². The molecule has 0 aliphatic carbocycles. The van der Waals surface area contributed by atoms with E-state index in [1.807, 2.05) is 38.1 Å². The topological polar surface area (TPSA) is 55.6 Å². The lowest BCUT2D eigenvalue weighted by atomic mass is 10.0. The first-order valence-corrected chi connectivity index (χ1v) is 7.57. The molecule has 0 aliphatic rings. The van der Waals surface area contributed by atoms with E-state index in [9.17, 15) is 4.79 Å². The molecule has 2 N–H and O–H groups in total. The van der Waals surface area contributed by atoms with E-state index in [1.165, 1.54) is 0 Å². The fraction of sp³-hybridized carbons (Fsp3) is 0.533. The summed E-state index contributed by atoms with van der Waals surface area (Å²) in [7, 11) is 1.78. The average Bonchev–Trinajstić information content (AvgIpc) is 2.40. The highest BCUT2D eigenvalue weighted by Crippen LogP contribution is 2.16. The number of amides is 1. The molecule has 1 aromatic rings. The predicted molar refractivity (Wildman–Crippen MR) is 84.7 cm³/mol. The summed E-state index contributed by atoms with van der Waals surface area (Å²) >= 11 is 3.37. The lowest BCUT2D eigenvalue weighted by Crippen LogP contribution is -2.37. The summed E-state index contributed by atoms with van der Waals surface area (Å²) in [6.45, 7) is 5.07. The molecule has 0 saturated carbocycles. The van der Waals surface area contributed by atoms with Crippen molar-refractivity contribution >= 4 is 21.8 Å². The van der Waals surface area contributed by atoms with Crippen molar-refractivity contribution in [2.75, 3.05) is 20.2 Å². The van der Waals surface area contributed by atoms with Crippen LogP contribution in [0, 0.1) is 5.92 Å². The number of benzene rings is 1. The van der Waals surface area contributed by atoms with E-state index in [-0.39, 0.29) is 11.9 Å². The second kappa shape index (κ2) is 8.27. The first-order chi connectivity index (χ1) is 9.40. The number of carbonyl (C=O) groups is 1. The van der Waals surface area contributed by atoms with Crippen LogP contribution in [0.15, 0.2) is 28.7 Å². The van der Waals surface area contributed by atoms with Gasteiger partial charge in [-0.1, -0.05) is 29.8 Å². The Kier molecular flexibility index (Phi) is 7.02. The Morgan fingerprint density at radius 1 is 1.35 bits per heavy atom. The number of halogens is 1. The summed E-state index contributed by atoms with van der Waals surface area (Å²) in [4.78, 5) is 13.6. The minimum Gasteiger partial charge on any atom is -0.492 e. The van der Waals surface area contributed by atoms with E-state index >= 15 is 0 Å². The van der Waals surface area contributed by atoms with Crippen LogP contribution in [-0.4, -0.2) is 37.0 Å². The Labute approximate surface area is 129 Å². The molecule has 112 valence electrons. The van der Waals surface area contributed by atoms with Crippen molar-refractivity contribution in [1.29, 1.82) is 0 Å². The number of ether oxygens (including phenoxy) is 1. The molecule has 0 spiro atoms. The lowest BCUT2D eigenvalue weighted by Gasteiger charge is -2.21. The van der Waals surface area contributed by atoms with Gasteiger partial charge in [0, 0.05) is 24.0 Å². The highest BCUT2D eigenvalue weighted by molar-refractivity contribution is 9.10. The van der Waals surface area contributed by atoms with Gasteiger partial charge in [-0.25, -0.2) is 0 Å². The predicted octanol–water partition coefficient (Wildman–Crippen LogP) is 2.66. The second-order valence-corrected chi connectivity index (χ2v) is 6.15. The lowest BCUT2D eigenvalue weighted by molar-refractivity contribution is -0.130. The number of hydrogen-bond donors (Lipinski definition) is 1. The third-order valence-electron chi connectivity index (χ3n) is 3.20. The van der Waals surface area contributed by atoms with Gasteiger partial charge >= 0.3 is 0 Å². The average molecular weight is 343 g/mol. The normalized spacial score (nSPS) is 12.3. The van der Waals surface area contributed by atoms with Gasteiger partial charge < -0.3 is 15.4 Å². The Morgan fingerprint density at radius 2 is 1.95 bits per heavy atom. The highest BCUT2D eigenvalue weighted by atomic mass is 79.9. The van der Waals surface area contributed by atoms with E-state index < -0.39 is 0 Å². The van der Waals surface area contributed by atoms with Crippen molar-refractivity contribution in [3.05, 3.63) is 28.7 Å². The molecule has 20 heavy (non-hydrogen) atoms. The number of nitrogens with zero attached hydrogens (tertiary/aromatic N) is 1. The van der Waals surface area contributed by atoms with Crippen LogP contribution in [0.25, 0.3) is 0 Å². The second-order valence-electron chi connectivity index (χ2n) is 5.23. The molecule has 0 aliphatic heterocycles. The molecular formula is C15H23BrN2O2. The molecule has 4 nitrogen and oxygen atoms in total. The first-order valence-electron chi connectivity index (χ1n) is 6.78. The molecular weight excluding hydrogens is 320 g/mol. The van der Waals surface area contributed by atoms with E-state index in [4.69, 9.17) is 10.5 Å². The summed E-state index contributed by atoms with van der Waals surface area (Å²) in [6, 6.07) is 7.54. The summed E-state index contributed by atoms with van der Waals surface area (Å²) in [5, 5.41) is 0. The Bertz CT molecular complexity index is 420. The highest BCUT2D eigenvalue weighted by Gasteiger charge is 2.16. The van der Waals surface area contributed by atoms with Gasteiger partial charge in [0.05, 0.1) is 6.54 Å². The fourth-order valence-corrected chi connectivity index (χ4v) is 1.81. The number of carbonyl (C=O) groups excluding carboxylic acids is 1. The summed E-state index contributed by atoms with van der Waals surface area (Å²) in [6.07, 6.45) is 0.381. The Hall–Kier alpha value is -1.07. The van der Waals surface area contributed by atoms with Crippen LogP contribution in [-0.2, 0) is 4.79 Å². The van der Waals surface area contributed by atoms with E-state index in [0.717, 1.165) is 10.2 Å². The largest absolute Gasteiger partial charge is 0.492 e. The summed E-state index contributed by atoms with van der Waals surface area (Å²) in [5.41, 5.74) is 5.91. The Morgan fingerprint density at radius 3 is 2.50 bits per heavy atom. The molecule has 0 aromatic heterocycles. The van der Waals surface area contributed by atoms with Crippen molar-refractivity contribution in [2.24, 2.45) is 11.7 Å². The fourth-order valence-electron chi connectivity index (χ4n) is 1.55. The van der Waals surface area contributed by atoms with E-state index in [0.29, 0.717) is 25.5 Å². The number of likely N-dealkylation sites (N-methyl/N-ethyl adjacent to an activating group) is 1. The first kappa shape index (κ1) is 17.0. The van der Waals surface area contributed by atoms with Gasteiger partial charge in [0.1, 0.15) is 12.4 Å². The third-order valence-corrected chi connectivity index (χ3v) is 3.73. The van der Waals surface area contributed by atoms with Crippen molar-refractivity contribution in [1.82, 2.24) is 4.90 Å². The van der Waals surface area contributed by atoms with Crippen LogP contribution in [0.2, 0.25) is 0 Å². The Balaban J connectivity index is 2.30. The SMILES string of the molecule is CC(C)C(N)CC(=O)N(C)CCOc1ccc(Br)cc1. The monoisotopic (exact) mass is 342 g/mol. The van der Waals surface area contributed by atoms with Gasteiger partial charge in [0.15, 0.2) is 0 Å². The minimum atomic E-state index is -0.0858. The maximum Gasteiger partial charge on any atom is 0.223 e. The van der Waals surface area contributed by atoms with E-state index in [1.54, 1.807) is 11.9 Å². The maximum atomic E-state index is 11.9. The smallest absolute Gasteiger partial charge is 0.223 e. The number of rotatable bonds is 7.